The molecule has 0 saturated heterocycles. The third-order valence-corrected chi connectivity index (χ3v) is 9.10. The van der Waals surface area contributed by atoms with E-state index < -0.39 is 47.2 Å². The maximum atomic E-state index is 13.6. The number of Topliss-reactive ketones (excluding diaryl/α,β-unsaturated/α-hetero) is 2. The molecule has 4 aliphatic rings. The number of carboxylic acid groups (broad SMARTS) is 1. The van der Waals surface area contributed by atoms with E-state index in [1.165, 1.54) is 6.08 Å². The minimum absolute atomic E-state index is 0.0189. The summed E-state index contributed by atoms with van der Waals surface area (Å²) in [6.45, 7) is 5.22. The highest BCUT2D eigenvalue weighted by Crippen LogP contribution is 2.66. The fourth-order valence-electron chi connectivity index (χ4n) is 7.47. The highest BCUT2D eigenvalue weighted by Gasteiger charge is 2.68. The Kier molecular flexibility index (Phi) is 5.95. The fraction of sp³-hybridized carbons (Fsp3) is 0.654. The van der Waals surface area contributed by atoms with Gasteiger partial charge < -0.3 is 14.9 Å². The summed E-state index contributed by atoms with van der Waals surface area (Å²) < 4.78 is 4.96. The lowest BCUT2D eigenvalue weighted by Gasteiger charge is -2.58. The van der Waals surface area contributed by atoms with E-state index in [1.807, 2.05) is 13.0 Å². The molecule has 0 spiro atoms. The van der Waals surface area contributed by atoms with Gasteiger partial charge in [-0.05, 0) is 49.2 Å². The highest BCUT2D eigenvalue weighted by atomic mass is 16.5. The molecule has 3 fully saturated rings. The van der Waals surface area contributed by atoms with Crippen LogP contribution in [-0.4, -0.2) is 51.7 Å². The number of carboxylic acids is 1. The first-order valence-electron chi connectivity index (χ1n) is 11.9. The SMILES string of the molecule is C[C@H]1C[C@@H]2[C@H](C(=O)C[C@@]3(C)[C@H]2CC[C@]3(O)C(=O)COC(=O)CCC(=O)O)[C@@]2(C)C=CC(=O)C=C12. The van der Waals surface area contributed by atoms with Crippen molar-refractivity contribution in [3.8, 4) is 0 Å². The van der Waals surface area contributed by atoms with E-state index in [2.05, 4.69) is 6.92 Å². The standard InChI is InChI=1S/C26H32O8/c1-14-10-16-17-7-9-26(33,20(29)13-34-22(32)5-4-21(30)31)25(17,3)12-19(28)23(16)24(2)8-6-15(27)11-18(14)24/h6,8,11,14,16-17,23,33H,4-5,7,9-10,12-13H2,1-3H3,(H,30,31)/t14-,16-,17-,23+,24-,25-,26-/m0/s1. The fourth-order valence-corrected chi connectivity index (χ4v) is 7.47. The molecular weight excluding hydrogens is 440 g/mol. The van der Waals surface area contributed by atoms with Gasteiger partial charge in [-0.25, -0.2) is 0 Å². The average Bonchev–Trinajstić information content (AvgIpc) is 3.03. The Bertz CT molecular complexity index is 1020. The molecule has 184 valence electrons. The van der Waals surface area contributed by atoms with Gasteiger partial charge in [0.15, 0.2) is 12.4 Å². The van der Waals surface area contributed by atoms with Crippen molar-refractivity contribution in [2.24, 2.45) is 34.5 Å². The molecule has 0 aromatic heterocycles. The van der Waals surface area contributed by atoms with Crippen molar-refractivity contribution in [1.29, 1.82) is 0 Å². The molecule has 0 aromatic carbocycles. The molecule has 2 N–H and O–H groups in total. The van der Waals surface area contributed by atoms with E-state index in [0.717, 1.165) is 5.57 Å². The number of ketones is 3. The number of fused-ring (bicyclic) bond motifs is 5. The largest absolute Gasteiger partial charge is 0.481 e. The maximum absolute atomic E-state index is 13.6. The minimum Gasteiger partial charge on any atom is -0.481 e. The van der Waals surface area contributed by atoms with Gasteiger partial charge in [0, 0.05) is 23.2 Å². The van der Waals surface area contributed by atoms with Gasteiger partial charge in [-0.3, -0.25) is 24.0 Å². The summed E-state index contributed by atoms with van der Waals surface area (Å²) in [5, 5.41) is 20.3. The summed E-state index contributed by atoms with van der Waals surface area (Å²) in [5.74, 6) is -3.02. The molecule has 0 unspecified atom stereocenters. The first kappa shape index (κ1) is 24.5. The molecule has 0 aliphatic heterocycles. The summed E-state index contributed by atoms with van der Waals surface area (Å²) in [4.78, 5) is 61.2. The van der Waals surface area contributed by atoms with E-state index in [0.29, 0.717) is 12.8 Å². The third kappa shape index (κ3) is 3.58. The van der Waals surface area contributed by atoms with Crippen LogP contribution in [0, 0.1) is 34.5 Å². The molecule has 8 nitrogen and oxygen atoms in total. The maximum Gasteiger partial charge on any atom is 0.306 e. The van der Waals surface area contributed by atoms with Gasteiger partial charge in [-0.15, -0.1) is 0 Å². The highest BCUT2D eigenvalue weighted by molar-refractivity contribution is 6.02. The van der Waals surface area contributed by atoms with Crippen LogP contribution in [0.25, 0.3) is 0 Å². The molecular formula is C26H32O8. The second-order valence-electron chi connectivity index (χ2n) is 10.9. The van der Waals surface area contributed by atoms with Crippen LogP contribution >= 0.6 is 0 Å². The van der Waals surface area contributed by atoms with Crippen LogP contribution in [0.2, 0.25) is 0 Å². The van der Waals surface area contributed by atoms with Crippen LogP contribution in [-0.2, 0) is 28.7 Å². The van der Waals surface area contributed by atoms with Crippen molar-refractivity contribution < 1.29 is 38.9 Å². The quantitative estimate of drug-likeness (QED) is 0.563. The Morgan fingerprint density at radius 1 is 1.18 bits per heavy atom. The summed E-state index contributed by atoms with van der Waals surface area (Å²) >= 11 is 0. The first-order valence-corrected chi connectivity index (χ1v) is 11.9. The van der Waals surface area contributed by atoms with Crippen LogP contribution in [0.4, 0.5) is 0 Å². The Hall–Kier alpha value is -2.61. The smallest absolute Gasteiger partial charge is 0.306 e. The molecule has 4 aliphatic carbocycles. The molecule has 8 heteroatoms. The number of aliphatic hydroxyl groups is 1. The molecule has 0 heterocycles. The average molecular weight is 473 g/mol. The van der Waals surface area contributed by atoms with Crippen molar-refractivity contribution in [3.63, 3.8) is 0 Å². The van der Waals surface area contributed by atoms with Crippen LogP contribution in [0.5, 0.6) is 0 Å². The minimum atomic E-state index is -1.80. The van der Waals surface area contributed by atoms with Gasteiger partial charge in [-0.1, -0.05) is 32.4 Å². The molecule has 34 heavy (non-hydrogen) atoms. The number of ether oxygens (including phenoxy) is 1. The lowest BCUT2D eigenvalue weighted by Crippen LogP contribution is -2.61. The monoisotopic (exact) mass is 472 g/mol. The zero-order valence-corrected chi connectivity index (χ0v) is 19.8. The molecule has 0 radical (unpaired) electrons. The topological polar surface area (TPSA) is 135 Å². The van der Waals surface area contributed by atoms with E-state index in [9.17, 15) is 29.1 Å². The van der Waals surface area contributed by atoms with E-state index >= 15 is 0 Å². The molecule has 7 atom stereocenters. The van der Waals surface area contributed by atoms with E-state index in [1.54, 1.807) is 13.0 Å². The van der Waals surface area contributed by atoms with Gasteiger partial charge in [-0.2, -0.15) is 0 Å². The Morgan fingerprint density at radius 2 is 1.88 bits per heavy atom. The van der Waals surface area contributed by atoms with Crippen LogP contribution in [0.3, 0.4) is 0 Å². The number of carbonyl (C=O) groups excluding carboxylic acids is 4. The Labute approximate surface area is 198 Å². The third-order valence-electron chi connectivity index (χ3n) is 9.10. The van der Waals surface area contributed by atoms with Crippen LogP contribution < -0.4 is 0 Å². The molecule has 0 bridgehead atoms. The van der Waals surface area contributed by atoms with Crippen LogP contribution in [0.15, 0.2) is 23.8 Å². The number of esters is 1. The predicted molar refractivity (Wildman–Crippen MR) is 119 cm³/mol. The van der Waals surface area contributed by atoms with Crippen molar-refractivity contribution in [2.45, 2.75) is 64.9 Å². The van der Waals surface area contributed by atoms with E-state index in [4.69, 9.17) is 9.84 Å². The summed E-state index contributed by atoms with van der Waals surface area (Å²) in [7, 11) is 0. The number of aliphatic carboxylic acids is 1. The summed E-state index contributed by atoms with van der Waals surface area (Å²) in [6.07, 6.45) is 5.79. The lowest BCUT2D eigenvalue weighted by atomic mass is 9.45. The molecule has 0 amide bonds. The Morgan fingerprint density at radius 3 is 2.56 bits per heavy atom. The normalized spacial score (nSPS) is 40.6. The van der Waals surface area contributed by atoms with Crippen molar-refractivity contribution >= 4 is 29.3 Å². The number of carbonyl (C=O) groups is 5. The van der Waals surface area contributed by atoms with Gasteiger partial charge >= 0.3 is 11.9 Å². The van der Waals surface area contributed by atoms with Crippen molar-refractivity contribution in [2.75, 3.05) is 6.61 Å². The van der Waals surface area contributed by atoms with E-state index in [-0.39, 0.29) is 54.5 Å². The second kappa shape index (κ2) is 8.26. The Balaban J connectivity index is 1.57. The number of hydrogen-bond donors (Lipinski definition) is 2. The van der Waals surface area contributed by atoms with Crippen molar-refractivity contribution in [1.82, 2.24) is 0 Å². The molecule has 0 aromatic rings. The van der Waals surface area contributed by atoms with Gasteiger partial charge in [0.1, 0.15) is 11.4 Å². The number of allylic oxidation sites excluding steroid dienone is 4. The first-order chi connectivity index (χ1) is 15.8. The summed E-state index contributed by atoms with van der Waals surface area (Å²) in [5.41, 5.74) is -2.36. The zero-order chi connectivity index (χ0) is 25.1. The van der Waals surface area contributed by atoms with Gasteiger partial charge in [0.25, 0.3) is 0 Å². The van der Waals surface area contributed by atoms with Gasteiger partial charge in [0.05, 0.1) is 12.8 Å². The molecule has 3 saturated carbocycles. The number of hydrogen-bond acceptors (Lipinski definition) is 7. The van der Waals surface area contributed by atoms with Crippen LogP contribution in [0.1, 0.15) is 59.3 Å². The zero-order valence-electron chi connectivity index (χ0n) is 19.8. The molecule has 4 rings (SSSR count). The van der Waals surface area contributed by atoms with Gasteiger partial charge in [0.2, 0.25) is 5.78 Å². The number of rotatable bonds is 6. The second-order valence-corrected chi connectivity index (χ2v) is 10.9. The summed E-state index contributed by atoms with van der Waals surface area (Å²) in [6, 6.07) is 0. The lowest BCUT2D eigenvalue weighted by molar-refractivity contribution is -0.173. The van der Waals surface area contributed by atoms with Crippen molar-refractivity contribution in [3.05, 3.63) is 23.8 Å². The predicted octanol–water partition coefficient (Wildman–Crippen LogP) is 2.43.